The summed E-state index contributed by atoms with van der Waals surface area (Å²) in [6.45, 7) is 3.50. The van der Waals surface area contributed by atoms with Crippen molar-refractivity contribution < 1.29 is 23.5 Å². The molecule has 5 heteroatoms. The van der Waals surface area contributed by atoms with E-state index in [2.05, 4.69) is 4.74 Å². The minimum atomic E-state index is -0.840. The number of benzene rings is 1. The van der Waals surface area contributed by atoms with Crippen LogP contribution in [0.3, 0.4) is 0 Å². The molecule has 0 unspecified atom stereocenters. The van der Waals surface area contributed by atoms with Gasteiger partial charge in [0.05, 0.1) is 7.11 Å². The lowest BCUT2D eigenvalue weighted by Crippen LogP contribution is -2.26. The molecule has 96 valence electrons. The van der Waals surface area contributed by atoms with E-state index in [1.54, 1.807) is 13.8 Å². The summed E-state index contributed by atoms with van der Waals surface area (Å²) < 4.78 is 15.1. The van der Waals surface area contributed by atoms with Gasteiger partial charge in [0.2, 0.25) is 0 Å². The van der Waals surface area contributed by atoms with Crippen LogP contribution in [0.4, 0.5) is 0 Å². The Labute approximate surface area is 104 Å². The van der Waals surface area contributed by atoms with Crippen molar-refractivity contribution in [3.63, 3.8) is 0 Å². The van der Waals surface area contributed by atoms with Gasteiger partial charge in [-0.15, -0.1) is 0 Å². The molecular weight excluding hydrogens is 236 g/mol. The molecule has 0 aromatic carbocycles. The molecule has 5 nitrogen and oxygen atoms in total. The van der Waals surface area contributed by atoms with Crippen LogP contribution in [0.2, 0.25) is 0 Å². The average Bonchev–Trinajstić information content (AvgIpc) is 2.89. The highest BCUT2D eigenvalue weighted by Crippen LogP contribution is 2.34. The molecule has 0 fully saturated rings. The largest absolute Gasteiger partial charge is 0.469 e. The number of rotatable bonds is 4. The molecule has 0 saturated carbocycles. The van der Waals surface area contributed by atoms with Crippen LogP contribution in [0.1, 0.15) is 25.8 Å². The summed E-state index contributed by atoms with van der Waals surface area (Å²) in [5.41, 5.74) is 1.36. The van der Waals surface area contributed by atoms with Gasteiger partial charge >= 0.3 is 11.9 Å². The van der Waals surface area contributed by atoms with Gasteiger partial charge in [0.15, 0.2) is 0 Å². The Hall–Kier alpha value is -2.04. The smallest absolute Gasteiger partial charge is 0.318 e. The summed E-state index contributed by atoms with van der Waals surface area (Å²) in [6.07, 6.45) is -0.393. The molecule has 0 atom stereocenters. The molecule has 2 aromatic rings. The highest BCUT2D eigenvalue weighted by Gasteiger charge is 2.30. The number of methoxy groups -OCH3 is 1. The van der Waals surface area contributed by atoms with Gasteiger partial charge in [0, 0.05) is 5.56 Å². The second-order valence-corrected chi connectivity index (χ2v) is 4.50. The third-order valence-corrected chi connectivity index (χ3v) is 2.71. The van der Waals surface area contributed by atoms with Crippen LogP contribution in [-0.2, 0) is 24.7 Å². The van der Waals surface area contributed by atoms with E-state index in [0.717, 1.165) is 11.1 Å². The number of carbonyl (C=O) groups is 2. The summed E-state index contributed by atoms with van der Waals surface area (Å²) in [7, 11) is 1.23. The van der Waals surface area contributed by atoms with Crippen molar-refractivity contribution in [2.75, 3.05) is 7.11 Å². The number of furan rings is 2. The first-order valence-electron chi connectivity index (χ1n) is 5.53. The highest BCUT2D eigenvalue weighted by atomic mass is 16.6. The van der Waals surface area contributed by atoms with Gasteiger partial charge in [-0.3, -0.25) is 9.59 Å². The van der Waals surface area contributed by atoms with E-state index in [0.29, 0.717) is 5.58 Å². The zero-order chi connectivity index (χ0) is 13.3. The second kappa shape index (κ2) is 4.33. The van der Waals surface area contributed by atoms with Gasteiger partial charge in [-0.25, -0.2) is 0 Å². The third-order valence-electron chi connectivity index (χ3n) is 2.71. The van der Waals surface area contributed by atoms with Crippen molar-refractivity contribution in [3.05, 3.63) is 23.8 Å². The first kappa shape index (κ1) is 12.4. The van der Waals surface area contributed by atoms with Crippen LogP contribution in [0.25, 0.3) is 11.2 Å². The fourth-order valence-electron chi connectivity index (χ4n) is 1.82. The quantitative estimate of drug-likeness (QED) is 0.614. The van der Waals surface area contributed by atoms with E-state index in [9.17, 15) is 9.59 Å². The predicted molar refractivity (Wildman–Crippen MR) is 63.2 cm³/mol. The Balaban J connectivity index is 2.09. The first-order valence-corrected chi connectivity index (χ1v) is 5.53. The van der Waals surface area contributed by atoms with Crippen LogP contribution in [-0.4, -0.2) is 19.0 Å². The lowest BCUT2D eigenvalue weighted by molar-refractivity contribution is -0.162. The number of fused-ring (bicyclic) bond motifs is 2. The van der Waals surface area contributed by atoms with Crippen LogP contribution < -0.4 is 0 Å². The molecule has 2 bridgehead atoms. The fraction of sp³-hybridized carbons (Fsp3) is 0.385. The van der Waals surface area contributed by atoms with E-state index >= 15 is 0 Å². The number of esters is 2. The van der Waals surface area contributed by atoms with Crippen molar-refractivity contribution >= 4 is 23.1 Å². The SMILES string of the molecule is COC(=O)CC(=O)OC(C)(C)c1cc2ccc1o2. The molecule has 0 saturated heterocycles. The molecule has 0 spiro atoms. The summed E-state index contributed by atoms with van der Waals surface area (Å²) in [6, 6.07) is 5.48. The fourth-order valence-corrected chi connectivity index (χ4v) is 1.82. The normalized spacial score (nSPS) is 11.7. The summed E-state index contributed by atoms with van der Waals surface area (Å²) in [4.78, 5) is 22.5. The van der Waals surface area contributed by atoms with Gasteiger partial charge in [0.1, 0.15) is 23.2 Å². The summed E-state index contributed by atoms with van der Waals surface area (Å²) >= 11 is 0. The molecule has 2 heterocycles. The van der Waals surface area contributed by atoms with E-state index in [-0.39, 0.29) is 0 Å². The minimum Gasteiger partial charge on any atom is -0.469 e. The predicted octanol–water partition coefficient (Wildman–Crippen LogP) is 2.21. The molecule has 0 N–H and O–H groups in total. The van der Waals surface area contributed by atoms with E-state index in [1.807, 2.05) is 18.2 Å². The van der Waals surface area contributed by atoms with Crippen LogP contribution >= 0.6 is 0 Å². The van der Waals surface area contributed by atoms with E-state index in [1.165, 1.54) is 7.11 Å². The number of carbonyl (C=O) groups excluding carboxylic acids is 2. The maximum Gasteiger partial charge on any atom is 0.318 e. The Morgan fingerprint density at radius 1 is 1.28 bits per heavy atom. The van der Waals surface area contributed by atoms with Gasteiger partial charge in [-0.05, 0) is 32.0 Å². The molecule has 2 rings (SSSR count). The molecular formula is C13H14O5. The molecule has 0 amide bonds. The topological polar surface area (TPSA) is 65.7 Å². The Morgan fingerprint density at radius 3 is 2.50 bits per heavy atom. The average molecular weight is 250 g/mol. The minimum absolute atomic E-state index is 0.393. The molecule has 0 aliphatic heterocycles. The number of ether oxygens (including phenoxy) is 2. The van der Waals surface area contributed by atoms with Crippen molar-refractivity contribution in [3.8, 4) is 0 Å². The highest BCUT2D eigenvalue weighted by molar-refractivity contribution is 5.91. The summed E-state index contributed by atoms with van der Waals surface area (Å²) in [5, 5.41) is 0. The van der Waals surface area contributed by atoms with E-state index < -0.39 is 24.0 Å². The Bertz CT molecular complexity index is 566. The second-order valence-electron chi connectivity index (χ2n) is 4.50. The monoisotopic (exact) mass is 250 g/mol. The summed E-state index contributed by atoms with van der Waals surface area (Å²) in [5.74, 6) is -1.24. The first-order chi connectivity index (χ1) is 8.42. The standard InChI is InChI=1S/C13H14O5/c1-13(2,18-12(15)7-11(14)16-3)9-6-8-4-5-10(9)17-8/h4-6H,7H2,1-3H3. The zero-order valence-corrected chi connectivity index (χ0v) is 10.5. The number of hydrogen-bond donors (Lipinski definition) is 0. The molecule has 0 radical (unpaired) electrons. The van der Waals surface area contributed by atoms with Crippen molar-refractivity contribution in [2.24, 2.45) is 0 Å². The maximum atomic E-state index is 11.6. The maximum absolute atomic E-state index is 11.6. The van der Waals surface area contributed by atoms with Gasteiger partial charge in [0.25, 0.3) is 0 Å². The number of hydrogen-bond acceptors (Lipinski definition) is 5. The van der Waals surface area contributed by atoms with E-state index in [4.69, 9.17) is 9.15 Å². The van der Waals surface area contributed by atoms with Crippen LogP contribution in [0, 0.1) is 0 Å². The molecule has 2 aromatic heterocycles. The zero-order valence-electron chi connectivity index (χ0n) is 10.5. The lowest BCUT2D eigenvalue weighted by Gasteiger charge is -2.24. The van der Waals surface area contributed by atoms with Crippen molar-refractivity contribution in [2.45, 2.75) is 25.9 Å². The van der Waals surface area contributed by atoms with Crippen LogP contribution in [0.5, 0.6) is 0 Å². The van der Waals surface area contributed by atoms with Crippen molar-refractivity contribution in [1.29, 1.82) is 0 Å². The van der Waals surface area contributed by atoms with Crippen molar-refractivity contribution in [1.82, 2.24) is 0 Å². The molecule has 18 heavy (non-hydrogen) atoms. The molecule has 0 aliphatic rings. The van der Waals surface area contributed by atoms with Gasteiger partial charge in [-0.2, -0.15) is 0 Å². The third kappa shape index (κ3) is 2.30. The van der Waals surface area contributed by atoms with Crippen LogP contribution in [0.15, 0.2) is 22.6 Å². The van der Waals surface area contributed by atoms with Gasteiger partial charge < -0.3 is 13.9 Å². The van der Waals surface area contributed by atoms with Gasteiger partial charge in [-0.1, -0.05) is 0 Å². The molecule has 0 aliphatic carbocycles. The Morgan fingerprint density at radius 2 is 2.00 bits per heavy atom. The lowest BCUT2D eigenvalue weighted by atomic mass is 9.98. The Kier molecular flexibility index (Phi) is 2.98.